The van der Waals surface area contributed by atoms with Crippen LogP contribution in [-0.4, -0.2) is 55.2 Å². The SMILES string of the molecule is Cn1c(=O)n(C)c2cc(N3CCCc4cc(-c5ccc(CCC6CCN(c7ccc(C=O)nn7)CC6)nc5)ncc43)ccc21. The molecule has 0 unspecified atom stereocenters. The summed E-state index contributed by atoms with van der Waals surface area (Å²) in [6.07, 6.45) is 11.0. The number of hydrogen-bond acceptors (Lipinski definition) is 8. The van der Waals surface area contributed by atoms with E-state index in [-0.39, 0.29) is 5.69 Å². The summed E-state index contributed by atoms with van der Waals surface area (Å²) < 4.78 is 3.40. The number of aldehydes is 1. The van der Waals surface area contributed by atoms with E-state index >= 15 is 0 Å². The molecule has 224 valence electrons. The lowest BCUT2D eigenvalue weighted by Crippen LogP contribution is -2.34. The standard InChI is InChI=1S/C34H36N8O2/c1-39-30-11-10-28(19-31(30)40(2)34(39)44)42-15-3-4-24-18-29(36-21-32(24)42)25-6-8-26(35-20-25)7-5-23-13-16-41(17-14-23)33-12-9-27(22-43)37-38-33/h6,8-12,18-23H,3-5,7,13-17H2,1-2H3. The van der Waals surface area contributed by atoms with Crippen molar-refractivity contribution in [3.63, 3.8) is 0 Å². The van der Waals surface area contributed by atoms with Gasteiger partial charge in [-0.25, -0.2) is 4.79 Å². The van der Waals surface area contributed by atoms with Crippen molar-refractivity contribution in [2.24, 2.45) is 20.0 Å². The Bertz CT molecular complexity index is 1870. The average molecular weight is 589 g/mol. The molecule has 1 fully saturated rings. The summed E-state index contributed by atoms with van der Waals surface area (Å²) in [5.41, 5.74) is 8.79. The predicted octanol–water partition coefficient (Wildman–Crippen LogP) is 4.87. The minimum Gasteiger partial charge on any atom is -0.355 e. The molecule has 0 amide bonds. The zero-order valence-corrected chi connectivity index (χ0v) is 25.2. The number of pyridine rings is 2. The lowest BCUT2D eigenvalue weighted by Gasteiger charge is -2.32. The number of aryl methyl sites for hydroxylation is 4. The Kier molecular flexibility index (Phi) is 7.41. The fourth-order valence-electron chi connectivity index (χ4n) is 6.66. The predicted molar refractivity (Wildman–Crippen MR) is 172 cm³/mol. The van der Waals surface area contributed by atoms with E-state index in [0.717, 1.165) is 110 Å². The maximum Gasteiger partial charge on any atom is 0.328 e. The third-order valence-corrected chi connectivity index (χ3v) is 9.31. The van der Waals surface area contributed by atoms with Crippen LogP contribution < -0.4 is 15.5 Å². The number of anilines is 3. The molecule has 0 N–H and O–H groups in total. The second kappa shape index (κ2) is 11.7. The molecule has 0 spiro atoms. The molecule has 0 saturated carbocycles. The Morgan fingerprint density at radius 2 is 1.73 bits per heavy atom. The van der Waals surface area contributed by atoms with Gasteiger partial charge in [-0.05, 0) is 98.5 Å². The lowest BCUT2D eigenvalue weighted by molar-refractivity contribution is 0.111. The lowest BCUT2D eigenvalue weighted by atomic mass is 9.91. The third kappa shape index (κ3) is 5.25. The molecule has 0 atom stereocenters. The summed E-state index contributed by atoms with van der Waals surface area (Å²) in [4.78, 5) is 37.5. The Morgan fingerprint density at radius 3 is 2.48 bits per heavy atom. The molecule has 5 aromatic rings. The molecular weight excluding hydrogens is 552 g/mol. The van der Waals surface area contributed by atoms with Gasteiger partial charge in [0, 0.05) is 56.9 Å². The topological polar surface area (TPSA) is 102 Å². The molecule has 0 aliphatic carbocycles. The van der Waals surface area contributed by atoms with Gasteiger partial charge in [0.2, 0.25) is 0 Å². The molecule has 0 radical (unpaired) electrons. The second-order valence-corrected chi connectivity index (χ2v) is 12.0. The van der Waals surface area contributed by atoms with Crippen molar-refractivity contribution in [3.05, 3.63) is 88.4 Å². The van der Waals surface area contributed by atoms with E-state index in [1.165, 1.54) is 5.56 Å². The van der Waals surface area contributed by atoms with E-state index in [1.807, 2.05) is 38.6 Å². The molecule has 1 aromatic carbocycles. The minimum atomic E-state index is -0.0152. The number of benzene rings is 1. The Labute approximate surface area is 256 Å². The van der Waals surface area contributed by atoms with Crippen molar-refractivity contribution >= 4 is 34.5 Å². The number of aromatic nitrogens is 6. The Hall–Kier alpha value is -4.86. The van der Waals surface area contributed by atoms with Crippen molar-refractivity contribution in [2.45, 2.75) is 38.5 Å². The second-order valence-electron chi connectivity index (χ2n) is 12.0. The Balaban J connectivity index is 0.990. The number of imidazole rings is 1. The molecule has 6 heterocycles. The van der Waals surface area contributed by atoms with E-state index < -0.39 is 0 Å². The highest BCUT2D eigenvalue weighted by Crippen LogP contribution is 2.36. The number of fused-ring (bicyclic) bond motifs is 2. The zero-order chi connectivity index (χ0) is 30.2. The van der Waals surface area contributed by atoms with Gasteiger partial charge < -0.3 is 9.80 Å². The van der Waals surface area contributed by atoms with E-state index in [2.05, 4.69) is 50.3 Å². The monoisotopic (exact) mass is 588 g/mol. The number of carbonyl (C=O) groups is 1. The molecule has 44 heavy (non-hydrogen) atoms. The summed E-state index contributed by atoms with van der Waals surface area (Å²) in [7, 11) is 3.64. The largest absolute Gasteiger partial charge is 0.355 e. The van der Waals surface area contributed by atoms with Gasteiger partial charge in [0.15, 0.2) is 12.1 Å². The van der Waals surface area contributed by atoms with E-state index in [1.54, 1.807) is 15.2 Å². The van der Waals surface area contributed by atoms with Gasteiger partial charge in [-0.3, -0.25) is 23.9 Å². The Morgan fingerprint density at radius 1 is 0.886 bits per heavy atom. The zero-order valence-electron chi connectivity index (χ0n) is 25.2. The molecule has 10 nitrogen and oxygen atoms in total. The van der Waals surface area contributed by atoms with E-state index in [4.69, 9.17) is 9.97 Å². The van der Waals surface area contributed by atoms with E-state index in [9.17, 15) is 9.59 Å². The molecule has 7 rings (SSSR count). The number of carbonyl (C=O) groups excluding carboxylic acids is 1. The molecule has 1 saturated heterocycles. The van der Waals surface area contributed by atoms with Gasteiger partial charge in [-0.1, -0.05) is 0 Å². The minimum absolute atomic E-state index is 0.0152. The molecule has 2 aliphatic rings. The number of piperidine rings is 1. The summed E-state index contributed by atoms with van der Waals surface area (Å²) in [6.45, 7) is 2.82. The van der Waals surface area contributed by atoms with Crippen LogP contribution in [0, 0.1) is 5.92 Å². The van der Waals surface area contributed by atoms with Crippen molar-refractivity contribution in [1.82, 2.24) is 29.3 Å². The van der Waals surface area contributed by atoms with Gasteiger partial charge in [-0.15, -0.1) is 10.2 Å². The first-order valence-corrected chi connectivity index (χ1v) is 15.4. The van der Waals surface area contributed by atoms with Gasteiger partial charge in [-0.2, -0.15) is 0 Å². The summed E-state index contributed by atoms with van der Waals surface area (Å²) in [5.74, 6) is 1.50. The van der Waals surface area contributed by atoms with Gasteiger partial charge in [0.05, 0.1) is 28.6 Å². The molecular formula is C34H36N8O2. The smallest absolute Gasteiger partial charge is 0.328 e. The number of nitrogens with zero attached hydrogens (tertiary/aromatic N) is 8. The van der Waals surface area contributed by atoms with Crippen LogP contribution in [0.3, 0.4) is 0 Å². The van der Waals surface area contributed by atoms with Gasteiger partial charge >= 0.3 is 5.69 Å². The summed E-state index contributed by atoms with van der Waals surface area (Å²) >= 11 is 0. The highest BCUT2D eigenvalue weighted by Gasteiger charge is 2.22. The van der Waals surface area contributed by atoms with Crippen molar-refractivity contribution in [1.29, 1.82) is 0 Å². The fourth-order valence-corrected chi connectivity index (χ4v) is 6.66. The first-order valence-electron chi connectivity index (χ1n) is 15.4. The maximum absolute atomic E-state index is 12.4. The molecule has 0 bridgehead atoms. The molecule has 4 aromatic heterocycles. The van der Waals surface area contributed by atoms with Crippen LogP contribution >= 0.6 is 0 Å². The van der Waals surface area contributed by atoms with Gasteiger partial charge in [0.1, 0.15) is 5.69 Å². The summed E-state index contributed by atoms with van der Waals surface area (Å²) in [5, 5.41) is 8.16. The van der Waals surface area contributed by atoms with Crippen molar-refractivity contribution in [2.75, 3.05) is 29.4 Å². The van der Waals surface area contributed by atoms with Gasteiger partial charge in [0.25, 0.3) is 0 Å². The van der Waals surface area contributed by atoms with Crippen LogP contribution in [-0.2, 0) is 26.9 Å². The number of hydrogen-bond donors (Lipinski definition) is 0. The van der Waals surface area contributed by atoms with Crippen LogP contribution in [0.5, 0.6) is 0 Å². The van der Waals surface area contributed by atoms with Crippen LogP contribution in [0.4, 0.5) is 17.2 Å². The fraction of sp³-hybridized carbons (Fsp3) is 0.353. The highest BCUT2D eigenvalue weighted by atomic mass is 16.1. The van der Waals surface area contributed by atoms with Crippen molar-refractivity contribution in [3.8, 4) is 11.3 Å². The first kappa shape index (κ1) is 27.9. The van der Waals surface area contributed by atoms with Crippen LogP contribution in [0.15, 0.2) is 65.7 Å². The average Bonchev–Trinajstić information content (AvgIpc) is 3.30. The quantitative estimate of drug-likeness (QED) is 0.248. The molecule has 10 heteroatoms. The number of rotatable bonds is 7. The summed E-state index contributed by atoms with van der Waals surface area (Å²) in [6, 6.07) is 16.3. The molecule has 2 aliphatic heterocycles. The highest BCUT2D eigenvalue weighted by molar-refractivity contribution is 5.83. The normalized spacial score (nSPS) is 15.5. The van der Waals surface area contributed by atoms with Crippen molar-refractivity contribution < 1.29 is 4.79 Å². The van der Waals surface area contributed by atoms with E-state index in [0.29, 0.717) is 11.6 Å². The van der Waals surface area contributed by atoms with Crippen LogP contribution in [0.2, 0.25) is 0 Å². The maximum atomic E-state index is 12.4. The van der Waals surface area contributed by atoms with Crippen LogP contribution in [0.25, 0.3) is 22.3 Å². The first-order chi connectivity index (χ1) is 21.5. The third-order valence-electron chi connectivity index (χ3n) is 9.31. The van der Waals surface area contributed by atoms with Crippen LogP contribution in [0.1, 0.15) is 47.4 Å².